The predicted octanol–water partition coefficient (Wildman–Crippen LogP) is 2.21. The van der Waals surface area contributed by atoms with Gasteiger partial charge in [0.25, 0.3) is 0 Å². The highest BCUT2D eigenvalue weighted by atomic mass is 15.1. The predicted molar refractivity (Wildman–Crippen MR) is 75.6 cm³/mol. The van der Waals surface area contributed by atoms with E-state index in [4.69, 9.17) is 10.7 Å². The van der Waals surface area contributed by atoms with Crippen molar-refractivity contribution < 1.29 is 0 Å². The SMILES string of the molecule is CCn1c(-c2cn[nH]c2C)nc2cc(CN)ccc21. The number of rotatable bonds is 3. The molecule has 5 nitrogen and oxygen atoms in total. The number of fused-ring (bicyclic) bond motifs is 1. The van der Waals surface area contributed by atoms with Crippen LogP contribution in [-0.2, 0) is 13.1 Å². The Hall–Kier alpha value is -2.14. The standard InChI is InChI=1S/C14H17N5/c1-3-19-13-5-4-10(7-15)6-12(13)17-14(19)11-8-16-18-9(11)2/h4-6,8H,3,7,15H2,1-2H3,(H,16,18). The number of hydrogen-bond acceptors (Lipinski definition) is 3. The summed E-state index contributed by atoms with van der Waals surface area (Å²) in [6.07, 6.45) is 1.83. The summed E-state index contributed by atoms with van der Waals surface area (Å²) < 4.78 is 2.20. The molecule has 5 heteroatoms. The third-order valence-electron chi connectivity index (χ3n) is 3.44. The minimum absolute atomic E-state index is 0.537. The Balaban J connectivity index is 2.27. The molecule has 0 spiro atoms. The molecule has 0 fully saturated rings. The fraction of sp³-hybridized carbons (Fsp3) is 0.286. The zero-order chi connectivity index (χ0) is 13.4. The minimum Gasteiger partial charge on any atom is -0.326 e. The number of nitrogens with one attached hydrogen (secondary N) is 1. The Labute approximate surface area is 111 Å². The van der Waals surface area contributed by atoms with Crippen molar-refractivity contribution in [1.29, 1.82) is 0 Å². The first-order valence-corrected chi connectivity index (χ1v) is 6.44. The number of benzene rings is 1. The lowest BCUT2D eigenvalue weighted by molar-refractivity contribution is 0.795. The van der Waals surface area contributed by atoms with Crippen LogP contribution in [0.2, 0.25) is 0 Å². The van der Waals surface area contributed by atoms with Crippen molar-refractivity contribution in [2.24, 2.45) is 5.73 Å². The molecule has 3 aromatic rings. The third kappa shape index (κ3) is 1.82. The molecule has 0 aliphatic heterocycles. The topological polar surface area (TPSA) is 72.5 Å². The molecule has 0 amide bonds. The first-order valence-electron chi connectivity index (χ1n) is 6.44. The average Bonchev–Trinajstić information content (AvgIpc) is 3.00. The van der Waals surface area contributed by atoms with E-state index >= 15 is 0 Å². The fourth-order valence-corrected chi connectivity index (χ4v) is 2.40. The molecule has 0 aliphatic rings. The number of imidazole rings is 1. The molecular formula is C14H17N5. The summed E-state index contributed by atoms with van der Waals surface area (Å²) in [6, 6.07) is 6.20. The second-order valence-electron chi connectivity index (χ2n) is 4.62. The van der Waals surface area contributed by atoms with Crippen LogP contribution in [0.25, 0.3) is 22.4 Å². The van der Waals surface area contributed by atoms with E-state index < -0.39 is 0 Å². The second kappa shape index (κ2) is 4.51. The molecule has 0 atom stereocenters. The molecule has 98 valence electrons. The molecule has 0 unspecified atom stereocenters. The van der Waals surface area contributed by atoms with Crippen LogP contribution in [0.4, 0.5) is 0 Å². The van der Waals surface area contributed by atoms with Gasteiger partial charge in [0.05, 0.1) is 22.8 Å². The number of nitrogens with zero attached hydrogens (tertiary/aromatic N) is 3. The largest absolute Gasteiger partial charge is 0.326 e. The minimum atomic E-state index is 0.537. The number of aromatic amines is 1. The van der Waals surface area contributed by atoms with Gasteiger partial charge in [0.15, 0.2) is 0 Å². The maximum absolute atomic E-state index is 5.69. The maximum Gasteiger partial charge on any atom is 0.144 e. The van der Waals surface area contributed by atoms with E-state index in [1.807, 2.05) is 13.1 Å². The van der Waals surface area contributed by atoms with E-state index in [1.165, 1.54) is 0 Å². The fourth-order valence-electron chi connectivity index (χ4n) is 2.40. The summed E-state index contributed by atoms with van der Waals surface area (Å²) >= 11 is 0. The molecule has 1 aromatic carbocycles. The molecule has 19 heavy (non-hydrogen) atoms. The summed E-state index contributed by atoms with van der Waals surface area (Å²) in [7, 11) is 0. The van der Waals surface area contributed by atoms with Gasteiger partial charge in [-0.15, -0.1) is 0 Å². The Kier molecular flexibility index (Phi) is 2.83. The summed E-state index contributed by atoms with van der Waals surface area (Å²) in [5.41, 5.74) is 11.0. The Morgan fingerprint density at radius 3 is 2.84 bits per heavy atom. The number of H-pyrrole nitrogens is 1. The summed E-state index contributed by atoms with van der Waals surface area (Å²) in [4.78, 5) is 4.74. The first kappa shape index (κ1) is 11.9. The maximum atomic E-state index is 5.69. The van der Waals surface area contributed by atoms with Gasteiger partial charge < -0.3 is 10.3 Å². The van der Waals surface area contributed by atoms with Gasteiger partial charge in [0.2, 0.25) is 0 Å². The lowest BCUT2D eigenvalue weighted by atomic mass is 10.2. The molecule has 0 radical (unpaired) electrons. The van der Waals surface area contributed by atoms with Crippen LogP contribution in [0.3, 0.4) is 0 Å². The highest BCUT2D eigenvalue weighted by molar-refractivity contribution is 5.81. The van der Waals surface area contributed by atoms with Crippen molar-refractivity contribution in [3.05, 3.63) is 35.7 Å². The quantitative estimate of drug-likeness (QED) is 0.753. The van der Waals surface area contributed by atoms with Gasteiger partial charge in [-0.1, -0.05) is 6.07 Å². The normalized spacial score (nSPS) is 11.3. The third-order valence-corrected chi connectivity index (χ3v) is 3.44. The molecule has 0 aliphatic carbocycles. The van der Waals surface area contributed by atoms with E-state index in [0.717, 1.165) is 40.2 Å². The van der Waals surface area contributed by atoms with E-state index in [1.54, 1.807) is 0 Å². The Bertz CT molecular complexity index is 723. The number of nitrogens with two attached hydrogens (primary N) is 1. The van der Waals surface area contributed by atoms with Gasteiger partial charge in [0, 0.05) is 18.8 Å². The van der Waals surface area contributed by atoms with Crippen LogP contribution in [-0.4, -0.2) is 19.7 Å². The summed E-state index contributed by atoms with van der Waals surface area (Å²) in [5, 5.41) is 7.04. The molecule has 0 saturated heterocycles. The molecule has 0 saturated carbocycles. The van der Waals surface area contributed by atoms with Gasteiger partial charge in [-0.25, -0.2) is 4.98 Å². The van der Waals surface area contributed by atoms with Gasteiger partial charge in [-0.05, 0) is 31.5 Å². The van der Waals surface area contributed by atoms with E-state index in [-0.39, 0.29) is 0 Å². The van der Waals surface area contributed by atoms with Crippen molar-refractivity contribution in [2.45, 2.75) is 26.9 Å². The lowest BCUT2D eigenvalue weighted by Crippen LogP contribution is -1.98. The van der Waals surface area contributed by atoms with Crippen molar-refractivity contribution in [2.75, 3.05) is 0 Å². The zero-order valence-corrected chi connectivity index (χ0v) is 11.1. The Morgan fingerprint density at radius 1 is 1.37 bits per heavy atom. The number of aromatic nitrogens is 4. The van der Waals surface area contributed by atoms with Crippen molar-refractivity contribution in [3.63, 3.8) is 0 Å². The van der Waals surface area contributed by atoms with Gasteiger partial charge >= 0.3 is 0 Å². The van der Waals surface area contributed by atoms with E-state index in [2.05, 4.69) is 39.9 Å². The highest BCUT2D eigenvalue weighted by Crippen LogP contribution is 2.26. The van der Waals surface area contributed by atoms with Gasteiger partial charge in [-0.2, -0.15) is 5.10 Å². The summed E-state index contributed by atoms with van der Waals surface area (Å²) in [6.45, 7) is 5.54. The van der Waals surface area contributed by atoms with E-state index in [0.29, 0.717) is 6.54 Å². The smallest absolute Gasteiger partial charge is 0.144 e. The van der Waals surface area contributed by atoms with Crippen LogP contribution >= 0.6 is 0 Å². The van der Waals surface area contributed by atoms with Crippen molar-refractivity contribution in [3.8, 4) is 11.4 Å². The van der Waals surface area contributed by atoms with Gasteiger partial charge in [-0.3, -0.25) is 5.10 Å². The van der Waals surface area contributed by atoms with Crippen LogP contribution < -0.4 is 5.73 Å². The highest BCUT2D eigenvalue weighted by Gasteiger charge is 2.14. The first-order chi connectivity index (χ1) is 9.24. The molecule has 2 heterocycles. The average molecular weight is 255 g/mol. The van der Waals surface area contributed by atoms with Crippen molar-refractivity contribution >= 4 is 11.0 Å². The van der Waals surface area contributed by atoms with Crippen LogP contribution in [0.15, 0.2) is 24.4 Å². The molecule has 3 rings (SSSR count). The Morgan fingerprint density at radius 2 is 2.21 bits per heavy atom. The van der Waals surface area contributed by atoms with Crippen LogP contribution in [0.5, 0.6) is 0 Å². The van der Waals surface area contributed by atoms with Crippen LogP contribution in [0, 0.1) is 6.92 Å². The molecular weight excluding hydrogens is 238 g/mol. The second-order valence-corrected chi connectivity index (χ2v) is 4.62. The summed E-state index contributed by atoms with van der Waals surface area (Å²) in [5.74, 6) is 0.956. The van der Waals surface area contributed by atoms with Crippen molar-refractivity contribution in [1.82, 2.24) is 19.7 Å². The van der Waals surface area contributed by atoms with E-state index in [9.17, 15) is 0 Å². The van der Waals surface area contributed by atoms with Crippen LogP contribution in [0.1, 0.15) is 18.2 Å². The molecule has 2 aromatic heterocycles. The lowest BCUT2D eigenvalue weighted by Gasteiger charge is -2.05. The van der Waals surface area contributed by atoms with Gasteiger partial charge in [0.1, 0.15) is 5.82 Å². The monoisotopic (exact) mass is 255 g/mol. The number of aryl methyl sites for hydroxylation is 2. The zero-order valence-electron chi connectivity index (χ0n) is 11.1. The molecule has 0 bridgehead atoms. The molecule has 3 N–H and O–H groups in total. The number of hydrogen-bond donors (Lipinski definition) is 2.